The van der Waals surface area contributed by atoms with Gasteiger partial charge in [-0.1, -0.05) is 56.7 Å². The van der Waals surface area contributed by atoms with Crippen LogP contribution in [0, 0.1) is 24.2 Å². The Bertz CT molecular complexity index is 1030. The van der Waals surface area contributed by atoms with Gasteiger partial charge in [-0.3, -0.25) is 0 Å². The number of nitrogens with two attached hydrogens (primary N) is 1. The van der Waals surface area contributed by atoms with E-state index in [9.17, 15) is 0 Å². The fraction of sp³-hybridized carbons (Fsp3) is 0.333. The van der Waals surface area contributed by atoms with Crippen LogP contribution in [0.5, 0.6) is 11.5 Å². The lowest BCUT2D eigenvalue weighted by Gasteiger charge is -2.24. The van der Waals surface area contributed by atoms with Crippen molar-refractivity contribution >= 4 is 23.4 Å². The molecule has 0 atom stereocenters. The van der Waals surface area contributed by atoms with Gasteiger partial charge in [0, 0.05) is 23.7 Å². The highest BCUT2D eigenvalue weighted by Crippen LogP contribution is 2.31. The third-order valence-electron chi connectivity index (χ3n) is 6.03. The Balaban J connectivity index is 0.000000295. The predicted molar refractivity (Wildman–Crippen MR) is 152 cm³/mol. The van der Waals surface area contributed by atoms with Gasteiger partial charge >= 0.3 is 0 Å². The molecule has 1 aliphatic rings. The number of hydrogen-bond acceptors (Lipinski definition) is 6. The first kappa shape index (κ1) is 28.4. The van der Waals surface area contributed by atoms with Crippen molar-refractivity contribution in [3.63, 3.8) is 0 Å². The molecule has 6 nitrogen and oxygen atoms in total. The molecule has 190 valence electrons. The van der Waals surface area contributed by atoms with Gasteiger partial charge in [0.1, 0.15) is 17.3 Å². The van der Waals surface area contributed by atoms with Crippen molar-refractivity contribution in [1.82, 2.24) is 10.3 Å². The Kier molecular flexibility index (Phi) is 13.2. The van der Waals surface area contributed by atoms with Gasteiger partial charge in [0.05, 0.1) is 5.69 Å². The van der Waals surface area contributed by atoms with Gasteiger partial charge < -0.3 is 26.5 Å². The average molecular weight is 486 g/mol. The van der Waals surface area contributed by atoms with Crippen molar-refractivity contribution in [3.05, 3.63) is 72.4 Å². The number of nitrogen functional groups attached to an aromatic ring is 1. The third-order valence-corrected chi connectivity index (χ3v) is 6.03. The van der Waals surface area contributed by atoms with Crippen LogP contribution in [0.1, 0.15) is 50.5 Å². The Labute approximate surface area is 216 Å². The van der Waals surface area contributed by atoms with E-state index in [0.29, 0.717) is 17.1 Å². The van der Waals surface area contributed by atoms with E-state index in [-0.39, 0.29) is 0 Å². The van der Waals surface area contributed by atoms with Gasteiger partial charge in [0.2, 0.25) is 0 Å². The summed E-state index contributed by atoms with van der Waals surface area (Å²) >= 11 is 0. The molecule has 36 heavy (non-hydrogen) atoms. The molecule has 0 aliphatic heterocycles. The first-order valence-electron chi connectivity index (χ1n) is 12.5. The normalized spacial score (nSPS) is 12.1. The van der Waals surface area contributed by atoms with E-state index in [2.05, 4.69) is 28.5 Å². The number of nitrogens with zero attached hydrogens (tertiary/aromatic N) is 1. The average Bonchev–Trinajstić information content (AvgIpc) is 2.89. The first-order valence-corrected chi connectivity index (χ1v) is 12.5. The summed E-state index contributed by atoms with van der Waals surface area (Å²) in [7, 11) is 2.03. The summed E-state index contributed by atoms with van der Waals surface area (Å²) in [6.07, 6.45) is 21.1. The van der Waals surface area contributed by atoms with E-state index < -0.39 is 0 Å². The van der Waals surface area contributed by atoms with E-state index >= 15 is 0 Å². The molecule has 1 aliphatic carbocycles. The van der Waals surface area contributed by atoms with Crippen LogP contribution >= 0.6 is 0 Å². The standard InChI is InChI=1S/C18H16N4O.C10H21N.C2H2/c19-12-13-10-11-21-18(20)17(13)22-14-6-8-16(9-7-14)23-15-4-2-1-3-5-15;1-11-9-4-2-3-6-10-7-5-8-10;1-2/h1-12,19,22H,(H2,20,21);10-11H,2-9H2,1H3;1-2H. The SMILES string of the molecule is C#C.CNCCCCCC1CCC1.N=Cc1ccnc(N)c1Nc1ccc(Oc2ccccc2)cc1. The lowest BCUT2D eigenvalue weighted by molar-refractivity contribution is 0.286. The van der Waals surface area contributed by atoms with Crippen LogP contribution in [0.15, 0.2) is 66.9 Å². The number of para-hydroxylation sites is 1. The molecule has 5 N–H and O–H groups in total. The number of anilines is 3. The molecule has 4 rings (SSSR count). The van der Waals surface area contributed by atoms with Crippen LogP contribution in [-0.4, -0.2) is 24.8 Å². The van der Waals surface area contributed by atoms with E-state index in [1.165, 1.54) is 57.7 Å². The van der Waals surface area contributed by atoms with Crippen LogP contribution in [0.3, 0.4) is 0 Å². The quantitative estimate of drug-likeness (QED) is 0.133. The molecule has 3 aromatic rings. The fourth-order valence-electron chi connectivity index (χ4n) is 3.82. The molecule has 0 bridgehead atoms. The van der Waals surface area contributed by atoms with Crippen molar-refractivity contribution in [2.45, 2.75) is 44.9 Å². The number of ether oxygens (including phenoxy) is 1. The van der Waals surface area contributed by atoms with E-state index in [4.69, 9.17) is 15.9 Å². The van der Waals surface area contributed by atoms with E-state index in [1.807, 2.05) is 61.6 Å². The minimum Gasteiger partial charge on any atom is -0.457 e. The van der Waals surface area contributed by atoms with Crippen LogP contribution in [0.25, 0.3) is 0 Å². The predicted octanol–water partition coefficient (Wildman–Crippen LogP) is 7.01. The largest absolute Gasteiger partial charge is 0.457 e. The van der Waals surface area contributed by atoms with Crippen molar-refractivity contribution in [2.24, 2.45) is 5.92 Å². The second kappa shape index (κ2) is 16.7. The summed E-state index contributed by atoms with van der Waals surface area (Å²) in [6.45, 7) is 1.20. The van der Waals surface area contributed by atoms with Crippen molar-refractivity contribution in [1.29, 1.82) is 5.41 Å². The number of hydrogen-bond donors (Lipinski definition) is 4. The second-order valence-electron chi connectivity index (χ2n) is 8.62. The summed E-state index contributed by atoms with van der Waals surface area (Å²) in [4.78, 5) is 4.04. The van der Waals surface area contributed by atoms with Crippen molar-refractivity contribution in [3.8, 4) is 24.3 Å². The zero-order valence-corrected chi connectivity index (χ0v) is 21.2. The van der Waals surface area contributed by atoms with Crippen LogP contribution in [0.2, 0.25) is 0 Å². The smallest absolute Gasteiger partial charge is 0.147 e. The van der Waals surface area contributed by atoms with Gasteiger partial charge in [0.15, 0.2) is 0 Å². The molecule has 0 saturated heterocycles. The van der Waals surface area contributed by atoms with Crippen molar-refractivity contribution in [2.75, 3.05) is 24.6 Å². The molecule has 1 fully saturated rings. The second-order valence-corrected chi connectivity index (χ2v) is 8.62. The molecule has 1 aromatic heterocycles. The Hall–Kier alpha value is -3.82. The molecule has 0 spiro atoms. The minimum absolute atomic E-state index is 0.357. The molecule has 2 aromatic carbocycles. The first-order chi connectivity index (χ1) is 17.7. The lowest BCUT2D eigenvalue weighted by Crippen LogP contribution is -2.11. The summed E-state index contributed by atoms with van der Waals surface area (Å²) in [5.74, 6) is 3.00. The highest BCUT2D eigenvalue weighted by atomic mass is 16.5. The molecule has 6 heteroatoms. The zero-order valence-electron chi connectivity index (χ0n) is 21.2. The molecule has 0 amide bonds. The third kappa shape index (κ3) is 9.81. The van der Waals surface area contributed by atoms with Gasteiger partial charge in [-0.2, -0.15) is 0 Å². The van der Waals surface area contributed by atoms with Gasteiger partial charge in [-0.15, -0.1) is 12.8 Å². The monoisotopic (exact) mass is 485 g/mol. The molecule has 1 heterocycles. The Morgan fingerprint density at radius 3 is 2.31 bits per heavy atom. The maximum atomic E-state index is 7.44. The molecule has 0 unspecified atom stereocenters. The van der Waals surface area contributed by atoms with Crippen LogP contribution in [0.4, 0.5) is 17.2 Å². The highest BCUT2D eigenvalue weighted by Gasteiger charge is 2.15. The Morgan fingerprint density at radius 2 is 1.69 bits per heavy atom. The Morgan fingerprint density at radius 1 is 1.00 bits per heavy atom. The lowest BCUT2D eigenvalue weighted by atomic mass is 9.82. The molecular formula is C30H39N5O. The minimum atomic E-state index is 0.357. The van der Waals surface area contributed by atoms with Gasteiger partial charge in [-0.05, 0) is 68.4 Å². The highest BCUT2D eigenvalue weighted by molar-refractivity contribution is 5.91. The van der Waals surface area contributed by atoms with Gasteiger partial charge in [0.25, 0.3) is 0 Å². The van der Waals surface area contributed by atoms with E-state index in [1.54, 1.807) is 12.3 Å². The fourth-order valence-corrected chi connectivity index (χ4v) is 3.82. The van der Waals surface area contributed by atoms with Gasteiger partial charge in [-0.25, -0.2) is 4.98 Å². The summed E-state index contributed by atoms with van der Waals surface area (Å²) in [6, 6.07) is 18.8. The summed E-state index contributed by atoms with van der Waals surface area (Å²) in [5.41, 5.74) is 8.02. The topological polar surface area (TPSA) is 96.1 Å². The number of terminal acetylenes is 1. The maximum absolute atomic E-state index is 7.44. The number of unbranched alkanes of at least 4 members (excludes halogenated alkanes) is 2. The summed E-state index contributed by atoms with van der Waals surface area (Å²) in [5, 5.41) is 13.8. The number of nitrogens with one attached hydrogen (secondary N) is 3. The zero-order chi connectivity index (χ0) is 26.0. The summed E-state index contributed by atoms with van der Waals surface area (Å²) < 4.78 is 5.75. The van der Waals surface area contributed by atoms with E-state index in [0.717, 1.165) is 23.1 Å². The van der Waals surface area contributed by atoms with Crippen LogP contribution in [-0.2, 0) is 0 Å². The number of benzene rings is 2. The number of rotatable bonds is 11. The number of pyridine rings is 1. The molecule has 1 saturated carbocycles. The van der Waals surface area contributed by atoms with Crippen molar-refractivity contribution < 1.29 is 4.74 Å². The van der Waals surface area contributed by atoms with Crippen LogP contribution < -0.4 is 21.1 Å². The molecule has 0 radical (unpaired) electrons. The molecular weight excluding hydrogens is 446 g/mol. The maximum Gasteiger partial charge on any atom is 0.147 e. The number of aromatic nitrogens is 1.